The van der Waals surface area contributed by atoms with Crippen molar-refractivity contribution in [2.75, 3.05) is 36.1 Å². The summed E-state index contributed by atoms with van der Waals surface area (Å²) in [4.78, 5) is 9.12. The molecule has 114 valence electrons. The summed E-state index contributed by atoms with van der Waals surface area (Å²) < 4.78 is 0. The number of rotatable bonds is 5. The molecule has 0 amide bonds. The summed E-state index contributed by atoms with van der Waals surface area (Å²) in [5.41, 5.74) is 3.38. The van der Waals surface area contributed by atoms with E-state index in [0.717, 1.165) is 48.7 Å². The predicted molar refractivity (Wildman–Crippen MR) is 92.4 cm³/mol. The first-order chi connectivity index (χ1) is 10.8. The molecule has 0 saturated carbocycles. The van der Waals surface area contributed by atoms with Gasteiger partial charge < -0.3 is 16.0 Å². The van der Waals surface area contributed by atoms with E-state index in [4.69, 9.17) is 0 Å². The van der Waals surface area contributed by atoms with Gasteiger partial charge in [-0.15, -0.1) is 0 Å². The highest BCUT2D eigenvalue weighted by Gasteiger charge is 2.19. The van der Waals surface area contributed by atoms with Crippen molar-refractivity contribution in [3.05, 3.63) is 48.0 Å². The summed E-state index contributed by atoms with van der Waals surface area (Å²) in [6.07, 6.45) is 1.86. The second-order valence-electron chi connectivity index (χ2n) is 5.31. The Bertz CT molecular complexity index is 649. The van der Waals surface area contributed by atoms with Gasteiger partial charge in [-0.3, -0.25) is 0 Å². The van der Waals surface area contributed by atoms with Crippen molar-refractivity contribution < 1.29 is 0 Å². The van der Waals surface area contributed by atoms with Crippen LogP contribution < -0.4 is 16.0 Å². The van der Waals surface area contributed by atoms with E-state index in [1.165, 1.54) is 5.56 Å². The third-order valence-corrected chi connectivity index (χ3v) is 3.76. The molecule has 0 atom stereocenters. The van der Waals surface area contributed by atoms with Gasteiger partial charge in [-0.05, 0) is 24.0 Å². The first-order valence-corrected chi connectivity index (χ1v) is 7.57. The lowest BCUT2D eigenvalue weighted by molar-refractivity contribution is 0.963. The van der Waals surface area contributed by atoms with Gasteiger partial charge in [0.15, 0.2) is 0 Å². The molecule has 0 radical (unpaired) electrons. The van der Waals surface area contributed by atoms with Crippen molar-refractivity contribution in [3.8, 4) is 0 Å². The first-order valence-electron chi connectivity index (χ1n) is 7.57. The van der Waals surface area contributed by atoms with Gasteiger partial charge in [-0.1, -0.05) is 36.9 Å². The highest BCUT2D eigenvalue weighted by molar-refractivity contribution is 5.83. The molecule has 0 unspecified atom stereocenters. The van der Waals surface area contributed by atoms with Crippen molar-refractivity contribution in [3.63, 3.8) is 0 Å². The topological polar surface area (TPSA) is 61.9 Å². The average Bonchev–Trinajstić information content (AvgIpc) is 2.55. The zero-order chi connectivity index (χ0) is 15.4. The molecule has 3 N–H and O–H groups in total. The number of nitrogens with one attached hydrogen (secondary N) is 3. The molecular weight excluding hydrogens is 274 g/mol. The molecular formula is C17H21N5. The van der Waals surface area contributed by atoms with Crippen LogP contribution in [0.15, 0.2) is 36.9 Å². The molecule has 1 aromatic carbocycles. The van der Waals surface area contributed by atoms with Crippen LogP contribution in [0.4, 0.5) is 17.6 Å². The predicted octanol–water partition coefficient (Wildman–Crippen LogP) is 3.00. The molecule has 2 heterocycles. The Morgan fingerprint density at radius 1 is 1.23 bits per heavy atom. The number of aromatic nitrogens is 2. The number of benzene rings is 1. The molecule has 2 aromatic rings. The second kappa shape index (κ2) is 6.47. The van der Waals surface area contributed by atoms with Gasteiger partial charge in [0.05, 0.1) is 5.56 Å². The second-order valence-corrected chi connectivity index (χ2v) is 5.31. The molecule has 1 aliphatic rings. The molecule has 1 aliphatic heterocycles. The van der Waals surface area contributed by atoms with Gasteiger partial charge in [0, 0.05) is 20.1 Å². The normalized spacial score (nSPS) is 13.2. The highest BCUT2D eigenvalue weighted by atomic mass is 15.2. The lowest BCUT2D eigenvalue weighted by Gasteiger charge is -2.22. The number of fused-ring (bicyclic) bond motifs is 1. The van der Waals surface area contributed by atoms with Crippen LogP contribution in [0.1, 0.15) is 17.5 Å². The molecule has 5 heteroatoms. The maximum Gasteiger partial charge on any atom is 0.226 e. The minimum atomic E-state index is 0.640. The Labute approximate surface area is 130 Å². The standard InChI is InChI=1S/C17H21N5/c1-12-8-10-19-16-14(12)15(18-2)21-17(22-16)20-11-9-13-6-4-3-5-7-13/h3-7H,1,8-11H2,2H3,(H3,18,19,20,21,22). The van der Waals surface area contributed by atoms with E-state index in [0.29, 0.717) is 5.95 Å². The van der Waals surface area contributed by atoms with E-state index in [9.17, 15) is 0 Å². The van der Waals surface area contributed by atoms with Gasteiger partial charge in [-0.2, -0.15) is 9.97 Å². The van der Waals surface area contributed by atoms with Crippen molar-refractivity contribution in [2.24, 2.45) is 0 Å². The zero-order valence-corrected chi connectivity index (χ0v) is 12.8. The van der Waals surface area contributed by atoms with Crippen LogP contribution in [0.25, 0.3) is 5.57 Å². The van der Waals surface area contributed by atoms with E-state index in [-0.39, 0.29) is 0 Å². The fraction of sp³-hybridized carbons (Fsp3) is 0.294. The molecule has 5 nitrogen and oxygen atoms in total. The lowest BCUT2D eigenvalue weighted by atomic mass is 10.0. The fourth-order valence-electron chi connectivity index (χ4n) is 2.60. The van der Waals surface area contributed by atoms with Crippen LogP contribution in [0.2, 0.25) is 0 Å². The molecule has 22 heavy (non-hydrogen) atoms. The van der Waals surface area contributed by atoms with Crippen LogP contribution in [-0.2, 0) is 6.42 Å². The van der Waals surface area contributed by atoms with Crippen LogP contribution in [0.5, 0.6) is 0 Å². The summed E-state index contributed by atoms with van der Waals surface area (Å²) in [5.74, 6) is 2.32. The maximum absolute atomic E-state index is 4.57. The molecule has 0 spiro atoms. The average molecular weight is 295 g/mol. The minimum absolute atomic E-state index is 0.640. The maximum atomic E-state index is 4.57. The van der Waals surface area contributed by atoms with Gasteiger partial charge in [0.1, 0.15) is 11.6 Å². The Hall–Kier alpha value is -2.56. The Kier molecular flexibility index (Phi) is 4.23. The summed E-state index contributed by atoms with van der Waals surface area (Å²) in [6.45, 7) is 5.78. The summed E-state index contributed by atoms with van der Waals surface area (Å²) in [7, 11) is 1.87. The van der Waals surface area contributed by atoms with Gasteiger partial charge in [-0.25, -0.2) is 0 Å². The summed E-state index contributed by atoms with van der Waals surface area (Å²) >= 11 is 0. The van der Waals surface area contributed by atoms with E-state index >= 15 is 0 Å². The first kappa shape index (κ1) is 14.4. The van der Waals surface area contributed by atoms with Crippen molar-refractivity contribution >= 4 is 23.2 Å². The Morgan fingerprint density at radius 2 is 2.05 bits per heavy atom. The van der Waals surface area contributed by atoms with E-state index < -0.39 is 0 Å². The highest BCUT2D eigenvalue weighted by Crippen LogP contribution is 2.33. The number of anilines is 3. The van der Waals surface area contributed by atoms with Gasteiger partial charge >= 0.3 is 0 Å². The number of hydrogen-bond acceptors (Lipinski definition) is 5. The smallest absolute Gasteiger partial charge is 0.226 e. The SMILES string of the molecule is C=C1CCNc2nc(NCCc3ccccc3)nc(NC)c21. The molecule has 0 fully saturated rings. The minimum Gasteiger partial charge on any atom is -0.372 e. The largest absolute Gasteiger partial charge is 0.372 e. The van der Waals surface area contributed by atoms with Crippen molar-refractivity contribution in [1.82, 2.24) is 9.97 Å². The van der Waals surface area contributed by atoms with Crippen LogP contribution in [0.3, 0.4) is 0 Å². The van der Waals surface area contributed by atoms with E-state index in [1.807, 2.05) is 13.1 Å². The summed E-state index contributed by atoms with van der Waals surface area (Å²) in [6, 6.07) is 10.4. The molecule has 1 aromatic heterocycles. The number of nitrogens with zero attached hydrogens (tertiary/aromatic N) is 2. The quantitative estimate of drug-likeness (QED) is 0.791. The van der Waals surface area contributed by atoms with Gasteiger partial charge in [0.25, 0.3) is 0 Å². The third kappa shape index (κ3) is 3.03. The van der Waals surface area contributed by atoms with Crippen molar-refractivity contribution in [1.29, 1.82) is 0 Å². The molecule has 3 rings (SSSR count). The molecule has 0 bridgehead atoms. The lowest BCUT2D eigenvalue weighted by Crippen LogP contribution is -2.17. The van der Waals surface area contributed by atoms with Crippen LogP contribution in [-0.4, -0.2) is 30.1 Å². The van der Waals surface area contributed by atoms with Crippen molar-refractivity contribution in [2.45, 2.75) is 12.8 Å². The molecule has 0 saturated heterocycles. The van der Waals surface area contributed by atoms with E-state index in [1.54, 1.807) is 0 Å². The molecule has 0 aliphatic carbocycles. The van der Waals surface area contributed by atoms with E-state index in [2.05, 4.69) is 56.8 Å². The van der Waals surface area contributed by atoms with Gasteiger partial charge in [0.2, 0.25) is 5.95 Å². The van der Waals surface area contributed by atoms with Crippen LogP contribution in [0, 0.1) is 0 Å². The Morgan fingerprint density at radius 3 is 2.82 bits per heavy atom. The monoisotopic (exact) mass is 295 g/mol. The fourth-order valence-corrected chi connectivity index (χ4v) is 2.60. The number of hydrogen-bond donors (Lipinski definition) is 3. The van der Waals surface area contributed by atoms with Crippen LogP contribution >= 0.6 is 0 Å². The summed E-state index contributed by atoms with van der Waals surface area (Å²) in [5, 5.41) is 9.77. The zero-order valence-electron chi connectivity index (χ0n) is 12.8. The third-order valence-electron chi connectivity index (χ3n) is 3.76. The Balaban J connectivity index is 1.73.